The minimum absolute atomic E-state index is 0.0879. The van der Waals surface area contributed by atoms with E-state index in [1.165, 1.54) is 70.6 Å². The summed E-state index contributed by atoms with van der Waals surface area (Å²) in [6.45, 7) is 5.34. The third kappa shape index (κ3) is 28.6. The van der Waals surface area contributed by atoms with E-state index in [9.17, 15) is 14.3 Å². The molecule has 1 N–H and O–H groups in total. The Labute approximate surface area is 240 Å². The van der Waals surface area contributed by atoms with Crippen LogP contribution in [0.15, 0.2) is 12.2 Å². The van der Waals surface area contributed by atoms with Crippen LogP contribution in [-0.4, -0.2) is 75.6 Å². The van der Waals surface area contributed by atoms with Crippen LogP contribution in [0.3, 0.4) is 0 Å². The average Bonchev–Trinajstić information content (AvgIpc) is 2.86. The molecule has 0 saturated heterocycles. The fraction of sp³-hybridized carbons (Fsp3) is 0.900. The van der Waals surface area contributed by atoms with Crippen LogP contribution in [0.25, 0.3) is 0 Å². The van der Waals surface area contributed by atoms with Crippen molar-refractivity contribution in [3.63, 3.8) is 0 Å². The van der Waals surface area contributed by atoms with Gasteiger partial charge in [-0.1, -0.05) is 83.8 Å². The molecule has 0 bridgehead atoms. The summed E-state index contributed by atoms with van der Waals surface area (Å²) < 4.78 is 34.2. The number of carbonyl (C=O) groups is 1. The fourth-order valence-electron chi connectivity index (χ4n) is 3.82. The summed E-state index contributed by atoms with van der Waals surface area (Å²) in [4.78, 5) is 22.1. The number of quaternary nitrogens is 1. The summed E-state index contributed by atoms with van der Waals surface area (Å²) >= 11 is 0. The van der Waals surface area contributed by atoms with Crippen molar-refractivity contribution in [2.24, 2.45) is 0 Å². The molecule has 0 spiro atoms. The van der Waals surface area contributed by atoms with Crippen molar-refractivity contribution in [3.8, 4) is 0 Å². The number of phosphoric acid groups is 1. The van der Waals surface area contributed by atoms with E-state index in [4.69, 9.17) is 18.5 Å². The van der Waals surface area contributed by atoms with Gasteiger partial charge in [0, 0.05) is 13.0 Å². The van der Waals surface area contributed by atoms with Crippen molar-refractivity contribution >= 4 is 13.8 Å². The number of carbonyl (C=O) groups excluding carboxylic acids is 1. The van der Waals surface area contributed by atoms with Crippen molar-refractivity contribution in [1.82, 2.24) is 0 Å². The van der Waals surface area contributed by atoms with Crippen LogP contribution >= 0.6 is 7.82 Å². The van der Waals surface area contributed by atoms with Gasteiger partial charge < -0.3 is 18.9 Å². The lowest BCUT2D eigenvalue weighted by atomic mass is 10.1. The van der Waals surface area contributed by atoms with Gasteiger partial charge in [-0.25, -0.2) is 4.57 Å². The van der Waals surface area contributed by atoms with Crippen molar-refractivity contribution in [2.75, 3.05) is 54.1 Å². The summed E-state index contributed by atoms with van der Waals surface area (Å²) in [5, 5.41) is 0. The fourth-order valence-corrected chi connectivity index (χ4v) is 4.56. The van der Waals surface area contributed by atoms with Crippen molar-refractivity contribution in [1.29, 1.82) is 0 Å². The predicted molar refractivity (Wildman–Crippen MR) is 160 cm³/mol. The maximum atomic E-state index is 12.2. The largest absolute Gasteiger partial charge is 0.472 e. The lowest BCUT2D eigenvalue weighted by Gasteiger charge is -2.24. The minimum Gasteiger partial charge on any atom is -0.457 e. The van der Waals surface area contributed by atoms with E-state index in [0.29, 0.717) is 24.1 Å². The molecule has 0 radical (unpaired) electrons. The van der Waals surface area contributed by atoms with Gasteiger partial charge in [-0.2, -0.15) is 0 Å². The topological polar surface area (TPSA) is 91.3 Å². The van der Waals surface area contributed by atoms with Crippen LogP contribution < -0.4 is 0 Å². The van der Waals surface area contributed by atoms with E-state index in [2.05, 4.69) is 19.1 Å². The molecule has 39 heavy (non-hydrogen) atoms. The quantitative estimate of drug-likeness (QED) is 0.0336. The van der Waals surface area contributed by atoms with Gasteiger partial charge in [-0.15, -0.1) is 0 Å². The third-order valence-corrected chi connectivity index (χ3v) is 7.31. The van der Waals surface area contributed by atoms with E-state index < -0.39 is 13.9 Å². The zero-order valence-corrected chi connectivity index (χ0v) is 26.8. The van der Waals surface area contributed by atoms with Crippen LogP contribution in [0.5, 0.6) is 0 Å². The highest BCUT2D eigenvalue weighted by Crippen LogP contribution is 2.43. The van der Waals surface area contributed by atoms with Gasteiger partial charge in [0.1, 0.15) is 19.3 Å². The molecule has 0 aliphatic heterocycles. The van der Waals surface area contributed by atoms with Gasteiger partial charge in [0.15, 0.2) is 0 Å². The first-order valence-electron chi connectivity index (χ1n) is 15.4. The molecule has 0 aromatic heterocycles. The van der Waals surface area contributed by atoms with Crippen LogP contribution in [0, 0.1) is 0 Å². The zero-order chi connectivity index (χ0) is 29.2. The smallest absolute Gasteiger partial charge is 0.457 e. The first-order valence-corrected chi connectivity index (χ1v) is 16.9. The molecule has 0 aromatic rings. The molecule has 2 unspecified atom stereocenters. The summed E-state index contributed by atoms with van der Waals surface area (Å²) in [6.07, 6.45) is 21.9. The molecule has 0 fully saturated rings. The number of likely N-dealkylation sites (N-methyl/N-ethyl adjacent to an activating group) is 1. The third-order valence-electron chi connectivity index (χ3n) is 6.33. The molecule has 9 heteroatoms. The molecule has 0 aliphatic rings. The summed E-state index contributed by atoms with van der Waals surface area (Å²) in [6, 6.07) is 0. The Morgan fingerprint density at radius 2 is 1.33 bits per heavy atom. The Kier molecular flexibility index (Phi) is 24.5. The maximum Gasteiger partial charge on any atom is 0.472 e. The van der Waals surface area contributed by atoms with Crippen LogP contribution in [0.2, 0.25) is 0 Å². The first kappa shape index (κ1) is 38.2. The lowest BCUT2D eigenvalue weighted by molar-refractivity contribution is -0.870. The number of esters is 1. The number of hydrogen-bond donors (Lipinski definition) is 1. The van der Waals surface area contributed by atoms with Crippen LogP contribution in [0.1, 0.15) is 117 Å². The van der Waals surface area contributed by atoms with E-state index in [-0.39, 0.29) is 25.8 Å². The number of hydrogen-bond acceptors (Lipinski definition) is 6. The summed E-state index contributed by atoms with van der Waals surface area (Å²) in [5.41, 5.74) is 0. The maximum absolute atomic E-state index is 12.2. The molecule has 0 rings (SSSR count). The summed E-state index contributed by atoms with van der Waals surface area (Å²) in [7, 11) is 1.66. The normalized spacial score (nSPS) is 14.5. The number of rotatable bonds is 28. The number of ether oxygens (including phenoxy) is 2. The number of nitrogens with zero attached hydrogens (tertiary/aromatic N) is 1. The Hall–Kier alpha value is -0.760. The van der Waals surface area contributed by atoms with Gasteiger partial charge in [-0.3, -0.25) is 13.8 Å². The van der Waals surface area contributed by atoms with Crippen LogP contribution in [0.4, 0.5) is 0 Å². The predicted octanol–water partition coefficient (Wildman–Crippen LogP) is 7.59. The lowest BCUT2D eigenvalue weighted by Crippen LogP contribution is -2.37. The van der Waals surface area contributed by atoms with Gasteiger partial charge in [0.2, 0.25) is 0 Å². The molecule has 8 nitrogen and oxygen atoms in total. The first-order chi connectivity index (χ1) is 18.6. The molecule has 0 amide bonds. The van der Waals surface area contributed by atoms with E-state index >= 15 is 0 Å². The Morgan fingerprint density at radius 3 is 1.92 bits per heavy atom. The number of phosphoric ester groups is 1. The molecule has 0 aromatic carbocycles. The summed E-state index contributed by atoms with van der Waals surface area (Å²) in [5.74, 6) is -0.352. The molecular weight excluding hydrogens is 517 g/mol. The molecule has 2 atom stereocenters. The Balaban J connectivity index is 4.06. The highest BCUT2D eigenvalue weighted by atomic mass is 31.2. The van der Waals surface area contributed by atoms with Crippen molar-refractivity contribution in [3.05, 3.63) is 12.2 Å². The second kappa shape index (κ2) is 25.0. The van der Waals surface area contributed by atoms with E-state index in [1.807, 2.05) is 28.1 Å². The van der Waals surface area contributed by atoms with Gasteiger partial charge in [0.25, 0.3) is 0 Å². The van der Waals surface area contributed by atoms with Crippen molar-refractivity contribution < 1.29 is 37.3 Å². The molecule has 0 saturated carbocycles. The molecule has 0 heterocycles. The second-order valence-electron chi connectivity index (χ2n) is 11.5. The van der Waals surface area contributed by atoms with Crippen molar-refractivity contribution in [2.45, 2.75) is 123 Å². The standard InChI is InChI=1S/C30H60NO7P/c1-6-8-10-11-12-13-14-15-16-17-18-19-20-21-22-25-35-27-29(38-30(32)23-9-7-2)28-37-39(33,34)36-26-24-31(3,4)5/h14-15,29H,6-13,16-28H2,1-5H3/p+1/b15-14-. The molecular formula is C30H61NO7P+. The Bertz CT molecular complexity index is 652. The zero-order valence-electron chi connectivity index (χ0n) is 25.9. The van der Waals surface area contributed by atoms with E-state index in [1.54, 1.807) is 0 Å². The average molecular weight is 579 g/mol. The minimum atomic E-state index is -4.24. The number of allylic oxidation sites excluding steroid dienone is 2. The van der Waals surface area contributed by atoms with Crippen LogP contribution in [-0.2, 0) is 27.9 Å². The SMILES string of the molecule is CCCCCCC/C=C\CCCCCCCCOCC(COP(=O)(O)OCC[N+](C)(C)C)OC(=O)CCCC. The molecule has 0 aliphatic carbocycles. The Morgan fingerprint density at radius 1 is 0.769 bits per heavy atom. The molecule has 232 valence electrons. The van der Waals surface area contributed by atoms with Gasteiger partial charge in [0.05, 0.1) is 34.4 Å². The van der Waals surface area contributed by atoms with Gasteiger partial charge in [-0.05, 0) is 38.5 Å². The van der Waals surface area contributed by atoms with E-state index in [0.717, 1.165) is 25.7 Å². The number of unbranched alkanes of at least 4 members (excludes halogenated alkanes) is 12. The monoisotopic (exact) mass is 578 g/mol. The highest BCUT2D eigenvalue weighted by molar-refractivity contribution is 7.47. The van der Waals surface area contributed by atoms with Gasteiger partial charge >= 0.3 is 13.8 Å². The second-order valence-corrected chi connectivity index (χ2v) is 12.9. The highest BCUT2D eigenvalue weighted by Gasteiger charge is 2.26.